The van der Waals surface area contributed by atoms with E-state index in [1.165, 1.54) is 11.5 Å². The fourth-order valence-corrected chi connectivity index (χ4v) is 2.62. The lowest BCUT2D eigenvalue weighted by Crippen LogP contribution is -2.28. The first kappa shape index (κ1) is 14.5. The summed E-state index contributed by atoms with van der Waals surface area (Å²) in [6, 6.07) is 9.81. The first-order valence-electron chi connectivity index (χ1n) is 6.49. The van der Waals surface area contributed by atoms with Crippen LogP contribution in [0.5, 0.6) is 0 Å². The summed E-state index contributed by atoms with van der Waals surface area (Å²) in [6.45, 7) is 3.93. The van der Waals surface area contributed by atoms with Gasteiger partial charge in [-0.25, -0.2) is 0 Å². The predicted molar refractivity (Wildman–Crippen MR) is 83.5 cm³/mol. The number of nitrogens with one attached hydrogen (secondary N) is 1. The number of carbonyl (C=O) groups is 1. The predicted octanol–water partition coefficient (Wildman–Crippen LogP) is 3.01. The molecule has 0 fully saturated rings. The summed E-state index contributed by atoms with van der Waals surface area (Å²) < 4.78 is 4.14. The zero-order valence-electron chi connectivity index (χ0n) is 12.2. The zero-order valence-corrected chi connectivity index (χ0v) is 13.0. The third kappa shape index (κ3) is 3.17. The summed E-state index contributed by atoms with van der Waals surface area (Å²) in [5, 5.41) is 3.00. The fourth-order valence-electron chi connectivity index (χ4n) is 2.08. The van der Waals surface area contributed by atoms with E-state index in [0.717, 1.165) is 16.1 Å². The molecule has 1 N–H and O–H groups in total. The normalized spacial score (nSPS) is 12.0. The second-order valence-electron chi connectivity index (χ2n) is 4.97. The Hall–Kier alpha value is -1.88. The van der Waals surface area contributed by atoms with Gasteiger partial charge in [-0.3, -0.25) is 4.79 Å². The van der Waals surface area contributed by atoms with Crippen LogP contribution in [0.15, 0.2) is 30.3 Å². The molecule has 1 atom stereocenters. The van der Waals surface area contributed by atoms with E-state index in [1.807, 2.05) is 63.2 Å². The van der Waals surface area contributed by atoms with Crippen molar-refractivity contribution < 1.29 is 4.79 Å². The number of aromatic nitrogens is 1. The first-order chi connectivity index (χ1) is 9.49. The van der Waals surface area contributed by atoms with Crippen LogP contribution in [-0.2, 0) is 0 Å². The average molecular weight is 289 g/mol. The summed E-state index contributed by atoms with van der Waals surface area (Å²) in [5.74, 6) is -0.129. The van der Waals surface area contributed by atoms with Crippen molar-refractivity contribution in [3.05, 3.63) is 46.5 Å². The lowest BCUT2D eigenvalue weighted by atomic mass is 10.1. The molecule has 0 bridgehead atoms. The number of hydrogen-bond donors (Lipinski definition) is 1. The Bertz CT molecular complexity index is 607. The average Bonchev–Trinajstić information content (AvgIpc) is 2.85. The lowest BCUT2D eigenvalue weighted by Gasteiger charge is -2.22. The van der Waals surface area contributed by atoms with Crippen LogP contribution in [0, 0.1) is 6.92 Å². The van der Waals surface area contributed by atoms with Crippen molar-refractivity contribution in [1.82, 2.24) is 9.69 Å². The van der Waals surface area contributed by atoms with E-state index in [9.17, 15) is 4.79 Å². The van der Waals surface area contributed by atoms with Crippen LogP contribution in [0.2, 0.25) is 0 Å². The number of hydrogen-bond acceptors (Lipinski definition) is 4. The molecule has 0 aliphatic rings. The molecule has 0 saturated carbocycles. The Morgan fingerprint density at radius 2 is 2.05 bits per heavy atom. The summed E-state index contributed by atoms with van der Waals surface area (Å²) in [6.07, 6.45) is 0. The zero-order chi connectivity index (χ0) is 14.7. The van der Waals surface area contributed by atoms with Crippen molar-refractivity contribution in [3.8, 4) is 0 Å². The minimum absolute atomic E-state index is 0.0666. The minimum Gasteiger partial charge on any atom is -0.377 e. The molecule has 1 amide bonds. The summed E-state index contributed by atoms with van der Waals surface area (Å²) in [5.41, 5.74) is 2.69. The molecule has 1 heterocycles. The van der Waals surface area contributed by atoms with E-state index in [4.69, 9.17) is 0 Å². The van der Waals surface area contributed by atoms with Gasteiger partial charge in [0.25, 0.3) is 5.91 Å². The second-order valence-corrected chi connectivity index (χ2v) is 5.98. The molecule has 2 aromatic rings. The van der Waals surface area contributed by atoms with E-state index in [-0.39, 0.29) is 11.9 Å². The first-order valence-corrected chi connectivity index (χ1v) is 7.27. The van der Waals surface area contributed by atoms with Crippen molar-refractivity contribution >= 4 is 23.1 Å². The van der Waals surface area contributed by atoms with Crippen LogP contribution in [0.4, 0.5) is 5.69 Å². The maximum absolute atomic E-state index is 12.1. The van der Waals surface area contributed by atoms with Gasteiger partial charge in [-0.15, -0.1) is 0 Å². The van der Waals surface area contributed by atoms with Gasteiger partial charge >= 0.3 is 0 Å². The molecule has 0 aliphatic heterocycles. The maximum atomic E-state index is 12.1. The van der Waals surface area contributed by atoms with Gasteiger partial charge in [0.2, 0.25) is 0 Å². The number of rotatable bonds is 4. The molecule has 1 aromatic carbocycles. The molecule has 0 saturated heterocycles. The van der Waals surface area contributed by atoms with Crippen LogP contribution < -0.4 is 10.2 Å². The second kappa shape index (κ2) is 6.05. The molecule has 0 spiro atoms. The van der Waals surface area contributed by atoms with Crippen LogP contribution in [0.25, 0.3) is 0 Å². The van der Waals surface area contributed by atoms with Crippen molar-refractivity contribution in [2.45, 2.75) is 19.9 Å². The Balaban J connectivity index is 2.16. The Morgan fingerprint density at radius 1 is 1.35 bits per heavy atom. The molecule has 0 aliphatic carbocycles. The summed E-state index contributed by atoms with van der Waals surface area (Å²) in [4.78, 5) is 15.2. The highest BCUT2D eigenvalue weighted by atomic mass is 32.1. The Labute approximate surface area is 123 Å². The molecular formula is C15H19N3OS. The van der Waals surface area contributed by atoms with E-state index >= 15 is 0 Å². The number of anilines is 1. The van der Waals surface area contributed by atoms with E-state index in [1.54, 1.807) is 0 Å². The summed E-state index contributed by atoms with van der Waals surface area (Å²) >= 11 is 1.34. The van der Waals surface area contributed by atoms with E-state index in [0.29, 0.717) is 5.69 Å². The largest absolute Gasteiger partial charge is 0.377 e. The quantitative estimate of drug-likeness (QED) is 0.941. The lowest BCUT2D eigenvalue weighted by molar-refractivity contribution is 0.0936. The van der Waals surface area contributed by atoms with E-state index < -0.39 is 0 Å². The monoisotopic (exact) mass is 289 g/mol. The number of amides is 1. The molecule has 1 aromatic heterocycles. The molecule has 0 unspecified atom stereocenters. The van der Waals surface area contributed by atoms with Gasteiger partial charge in [-0.1, -0.05) is 18.2 Å². The number of carbonyl (C=O) groups excluding carboxylic acids is 1. The van der Waals surface area contributed by atoms with Gasteiger partial charge in [0.05, 0.1) is 6.04 Å². The molecule has 106 valence electrons. The third-order valence-electron chi connectivity index (χ3n) is 3.09. The van der Waals surface area contributed by atoms with Crippen LogP contribution in [0.3, 0.4) is 0 Å². The minimum atomic E-state index is -0.129. The van der Waals surface area contributed by atoms with Crippen LogP contribution in [-0.4, -0.2) is 24.4 Å². The topological polar surface area (TPSA) is 45.2 Å². The Kier molecular flexibility index (Phi) is 4.39. The molecule has 2 rings (SSSR count). The number of para-hydroxylation sites is 1. The fraction of sp³-hybridized carbons (Fsp3) is 0.333. The Morgan fingerprint density at radius 3 is 2.65 bits per heavy atom. The molecule has 0 radical (unpaired) electrons. The summed E-state index contributed by atoms with van der Waals surface area (Å²) in [7, 11) is 3.99. The van der Waals surface area contributed by atoms with Gasteiger partial charge in [0.1, 0.15) is 5.69 Å². The van der Waals surface area contributed by atoms with Gasteiger partial charge in [-0.2, -0.15) is 4.37 Å². The molecular weight excluding hydrogens is 270 g/mol. The molecule has 4 nitrogen and oxygen atoms in total. The van der Waals surface area contributed by atoms with Crippen LogP contribution in [0.1, 0.15) is 33.9 Å². The highest BCUT2D eigenvalue weighted by Crippen LogP contribution is 2.24. The number of benzene rings is 1. The van der Waals surface area contributed by atoms with Crippen molar-refractivity contribution in [3.63, 3.8) is 0 Å². The maximum Gasteiger partial charge on any atom is 0.271 e. The van der Waals surface area contributed by atoms with Gasteiger partial charge in [0.15, 0.2) is 0 Å². The van der Waals surface area contributed by atoms with Crippen LogP contribution >= 0.6 is 11.5 Å². The van der Waals surface area contributed by atoms with Gasteiger partial charge < -0.3 is 10.2 Å². The van der Waals surface area contributed by atoms with Gasteiger partial charge in [0, 0.05) is 24.7 Å². The van der Waals surface area contributed by atoms with Crippen molar-refractivity contribution in [2.75, 3.05) is 19.0 Å². The third-order valence-corrected chi connectivity index (χ3v) is 3.79. The number of aryl methyl sites for hydroxylation is 1. The molecule has 20 heavy (non-hydrogen) atoms. The van der Waals surface area contributed by atoms with Crippen molar-refractivity contribution in [2.24, 2.45) is 0 Å². The van der Waals surface area contributed by atoms with Crippen molar-refractivity contribution in [1.29, 1.82) is 0 Å². The SMILES string of the molecule is Cc1cc(C(=O)N[C@@H](C)c2ccccc2N(C)C)ns1. The highest BCUT2D eigenvalue weighted by molar-refractivity contribution is 7.05. The number of nitrogens with zero attached hydrogens (tertiary/aromatic N) is 2. The smallest absolute Gasteiger partial charge is 0.271 e. The molecule has 5 heteroatoms. The van der Waals surface area contributed by atoms with E-state index in [2.05, 4.69) is 9.69 Å². The highest BCUT2D eigenvalue weighted by Gasteiger charge is 2.16. The standard InChI is InChI=1S/C15H19N3OS/c1-10-9-13(17-20-10)15(19)16-11(2)12-7-5-6-8-14(12)18(3)4/h5-9,11H,1-4H3,(H,16,19)/t11-/m0/s1. The van der Waals surface area contributed by atoms with Gasteiger partial charge in [-0.05, 0) is 43.1 Å².